The van der Waals surface area contributed by atoms with E-state index in [1.165, 1.54) is 0 Å². The van der Waals surface area contributed by atoms with Gasteiger partial charge in [-0.05, 0) is 18.2 Å². The Morgan fingerprint density at radius 1 is 1.00 bits per heavy atom. The Labute approximate surface area is 166 Å². The summed E-state index contributed by atoms with van der Waals surface area (Å²) in [7, 11) is -4.10. The molecule has 1 aliphatic heterocycles. The van der Waals surface area contributed by atoms with E-state index in [1.54, 1.807) is 0 Å². The fourth-order valence-corrected chi connectivity index (χ4v) is 4.65. The number of piperazine rings is 1. The summed E-state index contributed by atoms with van der Waals surface area (Å²) in [5, 5.41) is 3.97. The molecular weight excluding hydrogens is 402 g/mol. The monoisotopic (exact) mass is 420 g/mol. The van der Waals surface area contributed by atoms with Crippen molar-refractivity contribution in [3.05, 3.63) is 66.1 Å². The van der Waals surface area contributed by atoms with Gasteiger partial charge in [-0.15, -0.1) is 0 Å². The highest BCUT2D eigenvalue weighted by molar-refractivity contribution is 7.89. The molecule has 0 unspecified atom stereocenters. The SMILES string of the molecule is O=S(=O)(c1cc(F)ccc1F)N1CCN(Cc2nc(-c3ccccc3)no2)CC1. The zero-order chi connectivity index (χ0) is 20.4. The first-order valence-corrected chi connectivity index (χ1v) is 10.4. The number of aromatic nitrogens is 2. The van der Waals surface area contributed by atoms with Gasteiger partial charge in [0.1, 0.15) is 16.5 Å². The zero-order valence-corrected chi connectivity index (χ0v) is 16.1. The lowest BCUT2D eigenvalue weighted by Gasteiger charge is -2.33. The Hall–Kier alpha value is -2.69. The van der Waals surface area contributed by atoms with Crippen LogP contribution < -0.4 is 0 Å². The van der Waals surface area contributed by atoms with Gasteiger partial charge in [-0.2, -0.15) is 9.29 Å². The maximum atomic E-state index is 13.9. The highest BCUT2D eigenvalue weighted by Crippen LogP contribution is 2.22. The summed E-state index contributed by atoms with van der Waals surface area (Å²) in [6.45, 7) is 1.48. The van der Waals surface area contributed by atoms with Crippen LogP contribution in [0.2, 0.25) is 0 Å². The average Bonchev–Trinajstić information content (AvgIpc) is 3.19. The second kappa shape index (κ2) is 7.97. The van der Waals surface area contributed by atoms with E-state index in [-0.39, 0.29) is 13.1 Å². The van der Waals surface area contributed by atoms with Crippen molar-refractivity contribution in [3.63, 3.8) is 0 Å². The van der Waals surface area contributed by atoms with Crippen molar-refractivity contribution >= 4 is 10.0 Å². The fraction of sp³-hybridized carbons (Fsp3) is 0.263. The number of nitrogens with zero attached hydrogens (tertiary/aromatic N) is 4. The lowest BCUT2D eigenvalue weighted by Crippen LogP contribution is -2.48. The van der Waals surface area contributed by atoms with Gasteiger partial charge in [-0.3, -0.25) is 4.90 Å². The molecule has 0 amide bonds. The molecule has 1 saturated heterocycles. The van der Waals surface area contributed by atoms with E-state index in [0.717, 1.165) is 22.0 Å². The Bertz CT molecular complexity index is 1100. The molecule has 1 fully saturated rings. The highest BCUT2D eigenvalue weighted by atomic mass is 32.2. The summed E-state index contributed by atoms with van der Waals surface area (Å²) in [5.41, 5.74) is 0.843. The van der Waals surface area contributed by atoms with Gasteiger partial charge in [0.15, 0.2) is 0 Å². The Morgan fingerprint density at radius 3 is 2.45 bits per heavy atom. The standard InChI is InChI=1S/C19H18F2N4O3S/c20-15-6-7-16(21)17(12-15)29(26,27)25-10-8-24(9-11-25)13-18-22-19(23-28-18)14-4-2-1-3-5-14/h1-7,12H,8-11,13H2. The molecule has 3 aromatic rings. The molecule has 0 bridgehead atoms. The van der Waals surface area contributed by atoms with E-state index in [1.807, 2.05) is 35.2 Å². The van der Waals surface area contributed by atoms with E-state index in [9.17, 15) is 17.2 Å². The van der Waals surface area contributed by atoms with Crippen molar-refractivity contribution in [2.24, 2.45) is 0 Å². The molecule has 0 spiro atoms. The van der Waals surface area contributed by atoms with E-state index >= 15 is 0 Å². The van der Waals surface area contributed by atoms with Gasteiger partial charge in [0.05, 0.1) is 6.54 Å². The second-order valence-electron chi connectivity index (χ2n) is 6.63. The molecule has 29 heavy (non-hydrogen) atoms. The third-order valence-corrected chi connectivity index (χ3v) is 6.61. The van der Waals surface area contributed by atoms with Crippen molar-refractivity contribution in [1.29, 1.82) is 0 Å². The first-order valence-electron chi connectivity index (χ1n) is 8.99. The summed E-state index contributed by atoms with van der Waals surface area (Å²) in [5.74, 6) is -0.845. The van der Waals surface area contributed by atoms with Crippen LogP contribution in [0.1, 0.15) is 5.89 Å². The van der Waals surface area contributed by atoms with Crippen LogP contribution in [0, 0.1) is 11.6 Å². The maximum absolute atomic E-state index is 13.9. The van der Waals surface area contributed by atoms with E-state index in [4.69, 9.17) is 4.52 Å². The minimum absolute atomic E-state index is 0.151. The smallest absolute Gasteiger partial charge is 0.246 e. The van der Waals surface area contributed by atoms with E-state index in [2.05, 4.69) is 10.1 Å². The fourth-order valence-electron chi connectivity index (χ4n) is 3.16. The van der Waals surface area contributed by atoms with Crippen LogP contribution in [0.25, 0.3) is 11.4 Å². The van der Waals surface area contributed by atoms with Crippen LogP contribution in [0.5, 0.6) is 0 Å². The van der Waals surface area contributed by atoms with Crippen LogP contribution in [0.3, 0.4) is 0 Å². The highest BCUT2D eigenvalue weighted by Gasteiger charge is 2.31. The summed E-state index contributed by atoms with van der Waals surface area (Å²) in [6.07, 6.45) is 0. The molecule has 0 radical (unpaired) electrons. The van der Waals surface area contributed by atoms with Crippen LogP contribution in [-0.2, 0) is 16.6 Å². The normalized spacial score (nSPS) is 16.2. The van der Waals surface area contributed by atoms with Crippen molar-refractivity contribution in [2.75, 3.05) is 26.2 Å². The van der Waals surface area contributed by atoms with Crippen LogP contribution in [-0.4, -0.2) is 53.9 Å². The zero-order valence-electron chi connectivity index (χ0n) is 15.3. The molecule has 1 aliphatic rings. The Kier molecular flexibility index (Phi) is 5.39. The summed E-state index contributed by atoms with van der Waals surface area (Å²) >= 11 is 0. The molecule has 0 saturated carbocycles. The lowest BCUT2D eigenvalue weighted by molar-refractivity contribution is 0.163. The maximum Gasteiger partial charge on any atom is 0.246 e. The first kappa shape index (κ1) is 19.6. The average molecular weight is 420 g/mol. The number of rotatable bonds is 5. The van der Waals surface area contributed by atoms with Gasteiger partial charge < -0.3 is 4.52 Å². The van der Waals surface area contributed by atoms with Gasteiger partial charge in [-0.25, -0.2) is 17.2 Å². The lowest BCUT2D eigenvalue weighted by atomic mass is 10.2. The van der Waals surface area contributed by atoms with Gasteiger partial charge in [0, 0.05) is 31.7 Å². The number of sulfonamides is 1. The van der Waals surface area contributed by atoms with Crippen LogP contribution in [0.4, 0.5) is 8.78 Å². The quantitative estimate of drug-likeness (QED) is 0.631. The summed E-state index contributed by atoms with van der Waals surface area (Å²) < 4.78 is 59.0. The van der Waals surface area contributed by atoms with Gasteiger partial charge in [0.2, 0.25) is 21.7 Å². The molecule has 0 atom stereocenters. The van der Waals surface area contributed by atoms with Crippen molar-refractivity contribution in [1.82, 2.24) is 19.3 Å². The summed E-state index contributed by atoms with van der Waals surface area (Å²) in [6, 6.07) is 11.8. The van der Waals surface area contributed by atoms with Crippen molar-refractivity contribution in [3.8, 4) is 11.4 Å². The minimum Gasteiger partial charge on any atom is -0.338 e. The Morgan fingerprint density at radius 2 is 1.72 bits per heavy atom. The third kappa shape index (κ3) is 4.19. The molecular formula is C19H18F2N4O3S. The van der Waals surface area contributed by atoms with Crippen LogP contribution >= 0.6 is 0 Å². The molecule has 7 nitrogen and oxygen atoms in total. The third-order valence-electron chi connectivity index (χ3n) is 4.70. The predicted molar refractivity (Wildman–Crippen MR) is 100 cm³/mol. The topological polar surface area (TPSA) is 79.5 Å². The molecule has 10 heteroatoms. The van der Waals surface area contributed by atoms with Gasteiger partial charge in [-0.1, -0.05) is 35.5 Å². The van der Waals surface area contributed by atoms with Gasteiger partial charge in [0.25, 0.3) is 0 Å². The first-order chi connectivity index (χ1) is 13.9. The largest absolute Gasteiger partial charge is 0.338 e. The Balaban J connectivity index is 1.40. The minimum atomic E-state index is -4.10. The number of hydrogen-bond acceptors (Lipinski definition) is 6. The molecule has 0 aliphatic carbocycles. The molecule has 0 N–H and O–H groups in total. The second-order valence-corrected chi connectivity index (χ2v) is 8.54. The molecule has 4 rings (SSSR count). The molecule has 152 valence electrons. The van der Waals surface area contributed by atoms with Gasteiger partial charge >= 0.3 is 0 Å². The number of hydrogen-bond donors (Lipinski definition) is 0. The number of benzene rings is 2. The molecule has 1 aromatic heterocycles. The van der Waals surface area contributed by atoms with E-state index < -0.39 is 26.6 Å². The summed E-state index contributed by atoms with van der Waals surface area (Å²) in [4.78, 5) is 5.69. The molecule has 2 heterocycles. The number of halogens is 2. The molecule has 2 aromatic carbocycles. The van der Waals surface area contributed by atoms with E-state index in [0.29, 0.717) is 37.4 Å². The van der Waals surface area contributed by atoms with Crippen molar-refractivity contribution < 1.29 is 21.7 Å². The predicted octanol–water partition coefficient (Wildman–Crippen LogP) is 2.52. The van der Waals surface area contributed by atoms with Crippen LogP contribution in [0.15, 0.2) is 57.9 Å². The van der Waals surface area contributed by atoms with Crippen molar-refractivity contribution in [2.45, 2.75) is 11.4 Å².